The molecule has 0 saturated carbocycles. The lowest BCUT2D eigenvalue weighted by Gasteiger charge is -2.12. The van der Waals surface area contributed by atoms with Crippen LogP contribution in [0.15, 0.2) is 0 Å². The van der Waals surface area contributed by atoms with E-state index in [0.717, 1.165) is 0 Å². The summed E-state index contributed by atoms with van der Waals surface area (Å²) in [7, 11) is -3.10. The number of carboxylic acids is 1. The Hall–Kier alpha value is -1.11. The smallest absolute Gasteiger partial charge is 0.325 e. The van der Waals surface area contributed by atoms with Crippen molar-refractivity contribution in [2.45, 2.75) is 19.4 Å². The molecule has 0 aliphatic carbocycles. The molecule has 0 aromatic heterocycles. The lowest BCUT2D eigenvalue weighted by atomic mass is 10.1. The number of aliphatic carboxylic acids is 1. The van der Waals surface area contributed by atoms with Crippen LogP contribution in [0.4, 0.5) is 0 Å². The minimum Gasteiger partial charge on any atom is -0.480 e. The molecule has 1 heterocycles. The molecule has 1 amide bonds. The average molecular weight is 235 g/mol. The number of carbonyl (C=O) groups is 2. The Kier molecular flexibility index (Phi) is 3.33. The van der Waals surface area contributed by atoms with Gasteiger partial charge in [0.15, 0.2) is 9.84 Å². The number of hydrogen-bond donors (Lipinski definition) is 2. The first-order valence-corrected chi connectivity index (χ1v) is 6.37. The standard InChI is InChI=1S/C8H13NO5S/c1-5(8(11)12)9-7(10)6-2-3-15(13,14)4-6/h5-6H,2-4H2,1H3,(H,9,10)(H,11,12)/t5-,6?/m0/s1. The molecular weight excluding hydrogens is 222 g/mol. The molecule has 0 aromatic rings. The van der Waals surface area contributed by atoms with E-state index in [1.165, 1.54) is 6.92 Å². The van der Waals surface area contributed by atoms with Crippen molar-refractivity contribution in [2.24, 2.45) is 5.92 Å². The van der Waals surface area contributed by atoms with E-state index in [9.17, 15) is 18.0 Å². The number of carbonyl (C=O) groups excluding carboxylic acids is 1. The molecule has 1 saturated heterocycles. The second kappa shape index (κ2) is 4.18. The van der Waals surface area contributed by atoms with Gasteiger partial charge in [-0.1, -0.05) is 0 Å². The van der Waals surface area contributed by atoms with Crippen LogP contribution in [-0.4, -0.2) is 42.9 Å². The fraction of sp³-hybridized carbons (Fsp3) is 0.750. The van der Waals surface area contributed by atoms with Crippen molar-refractivity contribution < 1.29 is 23.1 Å². The lowest BCUT2D eigenvalue weighted by Crippen LogP contribution is -2.42. The van der Waals surface area contributed by atoms with E-state index in [-0.39, 0.29) is 17.9 Å². The van der Waals surface area contributed by atoms with Crippen LogP contribution < -0.4 is 5.32 Å². The lowest BCUT2D eigenvalue weighted by molar-refractivity contribution is -0.141. The second-order valence-electron chi connectivity index (χ2n) is 3.67. The van der Waals surface area contributed by atoms with Crippen LogP contribution in [0.1, 0.15) is 13.3 Å². The topological polar surface area (TPSA) is 101 Å². The maximum Gasteiger partial charge on any atom is 0.325 e. The van der Waals surface area contributed by atoms with Gasteiger partial charge in [-0.25, -0.2) is 8.42 Å². The molecule has 2 N–H and O–H groups in total. The summed E-state index contributed by atoms with van der Waals surface area (Å²) in [5, 5.41) is 10.8. The van der Waals surface area contributed by atoms with E-state index in [0.29, 0.717) is 0 Å². The quantitative estimate of drug-likeness (QED) is 0.654. The minimum absolute atomic E-state index is 0.00649. The molecule has 86 valence electrons. The van der Waals surface area contributed by atoms with E-state index >= 15 is 0 Å². The molecule has 0 aromatic carbocycles. The summed E-state index contributed by atoms with van der Waals surface area (Å²) in [5.41, 5.74) is 0. The molecule has 1 fully saturated rings. The summed E-state index contributed by atoms with van der Waals surface area (Å²) in [6.45, 7) is 1.34. The summed E-state index contributed by atoms with van der Waals surface area (Å²) in [5.74, 6) is -2.40. The van der Waals surface area contributed by atoms with Gasteiger partial charge in [-0.05, 0) is 13.3 Å². The maximum atomic E-state index is 11.4. The van der Waals surface area contributed by atoms with Crippen molar-refractivity contribution in [1.29, 1.82) is 0 Å². The van der Waals surface area contributed by atoms with Crippen molar-refractivity contribution in [3.63, 3.8) is 0 Å². The van der Waals surface area contributed by atoms with Crippen LogP contribution in [-0.2, 0) is 19.4 Å². The zero-order valence-electron chi connectivity index (χ0n) is 8.26. The summed E-state index contributed by atoms with van der Waals surface area (Å²) < 4.78 is 22.1. The fourth-order valence-electron chi connectivity index (χ4n) is 1.39. The van der Waals surface area contributed by atoms with E-state index in [1.54, 1.807) is 0 Å². The normalized spacial score (nSPS) is 25.8. The van der Waals surface area contributed by atoms with Gasteiger partial charge in [0.2, 0.25) is 5.91 Å². The summed E-state index contributed by atoms with van der Waals surface area (Å²) in [6.07, 6.45) is 0.278. The SMILES string of the molecule is C[C@H](NC(=O)C1CCS(=O)(=O)C1)C(=O)O. The van der Waals surface area contributed by atoms with Gasteiger partial charge in [0.05, 0.1) is 17.4 Å². The Morgan fingerprint density at radius 1 is 1.47 bits per heavy atom. The summed E-state index contributed by atoms with van der Waals surface area (Å²) in [4.78, 5) is 21.9. The van der Waals surface area contributed by atoms with Crippen LogP contribution in [0.3, 0.4) is 0 Å². The number of hydrogen-bond acceptors (Lipinski definition) is 4. The van der Waals surface area contributed by atoms with Crippen molar-refractivity contribution >= 4 is 21.7 Å². The van der Waals surface area contributed by atoms with Crippen LogP contribution >= 0.6 is 0 Å². The molecular formula is C8H13NO5S. The Balaban J connectivity index is 2.53. The van der Waals surface area contributed by atoms with Gasteiger partial charge in [0.25, 0.3) is 0 Å². The molecule has 0 radical (unpaired) electrons. The third-order valence-electron chi connectivity index (χ3n) is 2.33. The van der Waals surface area contributed by atoms with Gasteiger partial charge in [0, 0.05) is 0 Å². The van der Waals surface area contributed by atoms with E-state index in [2.05, 4.69) is 5.32 Å². The van der Waals surface area contributed by atoms with E-state index < -0.39 is 33.7 Å². The van der Waals surface area contributed by atoms with Crippen molar-refractivity contribution in [1.82, 2.24) is 5.32 Å². The van der Waals surface area contributed by atoms with Gasteiger partial charge < -0.3 is 10.4 Å². The second-order valence-corrected chi connectivity index (χ2v) is 5.90. The molecule has 15 heavy (non-hydrogen) atoms. The third-order valence-corrected chi connectivity index (χ3v) is 4.10. The van der Waals surface area contributed by atoms with Gasteiger partial charge in [-0.15, -0.1) is 0 Å². The van der Waals surface area contributed by atoms with Crippen LogP contribution in [0, 0.1) is 5.92 Å². The molecule has 1 aliphatic heterocycles. The van der Waals surface area contributed by atoms with Crippen LogP contribution in [0.2, 0.25) is 0 Å². The highest BCUT2D eigenvalue weighted by Gasteiger charge is 2.33. The first-order chi connectivity index (χ1) is 6.82. The number of rotatable bonds is 3. The first-order valence-electron chi connectivity index (χ1n) is 4.55. The predicted molar refractivity (Wildman–Crippen MR) is 52.0 cm³/mol. The maximum absolute atomic E-state index is 11.4. The van der Waals surface area contributed by atoms with Gasteiger partial charge in [-0.2, -0.15) is 0 Å². The molecule has 0 spiro atoms. The van der Waals surface area contributed by atoms with Crippen molar-refractivity contribution in [3.05, 3.63) is 0 Å². The molecule has 6 nitrogen and oxygen atoms in total. The predicted octanol–water partition coefficient (Wildman–Crippen LogP) is -0.990. The highest BCUT2D eigenvalue weighted by molar-refractivity contribution is 7.91. The fourth-order valence-corrected chi connectivity index (χ4v) is 3.14. The highest BCUT2D eigenvalue weighted by atomic mass is 32.2. The number of sulfone groups is 1. The molecule has 0 bridgehead atoms. The van der Waals surface area contributed by atoms with Gasteiger partial charge in [0.1, 0.15) is 6.04 Å². The summed E-state index contributed by atoms with van der Waals surface area (Å²) >= 11 is 0. The minimum atomic E-state index is -3.10. The van der Waals surface area contributed by atoms with Crippen LogP contribution in [0.5, 0.6) is 0 Å². The van der Waals surface area contributed by atoms with Gasteiger partial charge >= 0.3 is 5.97 Å². The molecule has 1 unspecified atom stereocenters. The molecule has 2 atom stereocenters. The number of nitrogens with one attached hydrogen (secondary N) is 1. The number of amides is 1. The van der Waals surface area contributed by atoms with Crippen molar-refractivity contribution in [3.8, 4) is 0 Å². The Morgan fingerprint density at radius 3 is 2.47 bits per heavy atom. The van der Waals surface area contributed by atoms with E-state index in [1.807, 2.05) is 0 Å². The average Bonchev–Trinajstić information content (AvgIpc) is 2.45. The van der Waals surface area contributed by atoms with E-state index in [4.69, 9.17) is 5.11 Å². The zero-order valence-corrected chi connectivity index (χ0v) is 9.08. The number of carboxylic acid groups (broad SMARTS) is 1. The third kappa shape index (κ3) is 3.19. The molecule has 7 heteroatoms. The van der Waals surface area contributed by atoms with Crippen LogP contribution in [0.25, 0.3) is 0 Å². The van der Waals surface area contributed by atoms with Gasteiger partial charge in [-0.3, -0.25) is 9.59 Å². The first kappa shape index (κ1) is 12.0. The zero-order chi connectivity index (χ0) is 11.6. The molecule has 1 aliphatic rings. The van der Waals surface area contributed by atoms with Crippen molar-refractivity contribution in [2.75, 3.05) is 11.5 Å². The summed E-state index contributed by atoms with van der Waals surface area (Å²) in [6, 6.07) is -0.985. The Labute approximate surface area is 87.6 Å². The Bertz CT molecular complexity index is 374. The Morgan fingerprint density at radius 2 is 2.07 bits per heavy atom. The molecule has 1 rings (SSSR count). The largest absolute Gasteiger partial charge is 0.480 e. The highest BCUT2D eigenvalue weighted by Crippen LogP contribution is 2.18. The monoisotopic (exact) mass is 235 g/mol.